The highest BCUT2D eigenvalue weighted by Gasteiger charge is 2.34. The van der Waals surface area contributed by atoms with Crippen LogP contribution in [0.2, 0.25) is 0 Å². The number of anilines is 1. The third kappa shape index (κ3) is 3.74. The Balaban J connectivity index is 2.33. The summed E-state index contributed by atoms with van der Waals surface area (Å²) < 4.78 is 74.8. The van der Waals surface area contributed by atoms with E-state index in [4.69, 9.17) is 5.14 Å². The lowest BCUT2D eigenvalue weighted by atomic mass is 10.1. The molecule has 6 nitrogen and oxygen atoms in total. The van der Waals surface area contributed by atoms with Crippen molar-refractivity contribution in [2.75, 3.05) is 5.32 Å². The molecule has 2 aromatic rings. The fraction of sp³-hybridized carbons (Fsp3) is 0.154. The van der Waals surface area contributed by atoms with Gasteiger partial charge in [0, 0.05) is 18.9 Å². The zero-order valence-corrected chi connectivity index (χ0v) is 12.9. The molecule has 11 heteroatoms. The van der Waals surface area contributed by atoms with Gasteiger partial charge in [0.2, 0.25) is 10.0 Å². The number of carbonyl (C=O) groups excluding carboxylic acids is 1. The number of aromatic nitrogens is 1. The van der Waals surface area contributed by atoms with E-state index in [9.17, 15) is 30.8 Å². The number of halogens is 4. The van der Waals surface area contributed by atoms with Crippen LogP contribution in [0.3, 0.4) is 0 Å². The third-order valence-corrected chi connectivity index (χ3v) is 3.95. The second-order valence-corrected chi connectivity index (χ2v) is 6.42. The van der Waals surface area contributed by atoms with Crippen LogP contribution < -0.4 is 10.5 Å². The molecule has 1 heterocycles. The highest BCUT2D eigenvalue weighted by Crippen LogP contribution is 2.33. The number of hydrogen-bond acceptors (Lipinski definition) is 3. The number of rotatable bonds is 3. The predicted octanol–water partition coefficient (Wildman–Crippen LogP) is 2.08. The van der Waals surface area contributed by atoms with Crippen LogP contribution in [0.15, 0.2) is 35.4 Å². The van der Waals surface area contributed by atoms with E-state index in [0.717, 1.165) is 22.9 Å². The Labute approximate surface area is 133 Å². The minimum Gasteiger partial charge on any atom is -0.345 e. The Kier molecular flexibility index (Phi) is 4.42. The van der Waals surface area contributed by atoms with Gasteiger partial charge in [0.1, 0.15) is 16.4 Å². The van der Waals surface area contributed by atoms with Crippen LogP contribution in [0, 0.1) is 5.82 Å². The first kappa shape index (κ1) is 17.9. The molecule has 3 N–H and O–H groups in total. The number of aryl methyl sites for hydroxylation is 1. The van der Waals surface area contributed by atoms with Gasteiger partial charge in [-0.25, -0.2) is 17.9 Å². The summed E-state index contributed by atoms with van der Waals surface area (Å²) in [4.78, 5) is 11.8. The fourth-order valence-corrected chi connectivity index (χ4v) is 2.51. The van der Waals surface area contributed by atoms with Gasteiger partial charge in [-0.1, -0.05) is 0 Å². The zero-order valence-electron chi connectivity index (χ0n) is 12.1. The molecule has 2 rings (SSSR count). The molecule has 1 amide bonds. The second kappa shape index (κ2) is 5.91. The van der Waals surface area contributed by atoms with Crippen LogP contribution in [0.4, 0.5) is 23.2 Å². The van der Waals surface area contributed by atoms with Crippen LogP contribution in [-0.2, 0) is 23.2 Å². The third-order valence-electron chi connectivity index (χ3n) is 3.07. The lowest BCUT2D eigenvalue weighted by Crippen LogP contribution is -2.16. The van der Waals surface area contributed by atoms with Gasteiger partial charge >= 0.3 is 6.18 Å². The SMILES string of the molecule is Cn1cc(S(N)(=O)=O)cc1C(=O)Nc1ccc(F)c(C(F)(F)F)c1. The van der Waals surface area contributed by atoms with E-state index < -0.39 is 33.5 Å². The van der Waals surface area contributed by atoms with Crippen molar-refractivity contribution in [2.45, 2.75) is 11.1 Å². The van der Waals surface area contributed by atoms with E-state index >= 15 is 0 Å². The van der Waals surface area contributed by atoms with Gasteiger partial charge in [-0.3, -0.25) is 4.79 Å². The van der Waals surface area contributed by atoms with E-state index in [0.29, 0.717) is 12.1 Å². The van der Waals surface area contributed by atoms with Gasteiger partial charge in [-0.2, -0.15) is 13.2 Å². The maximum absolute atomic E-state index is 13.2. The van der Waals surface area contributed by atoms with Crippen LogP contribution in [0.25, 0.3) is 0 Å². The van der Waals surface area contributed by atoms with Crippen molar-refractivity contribution in [2.24, 2.45) is 12.2 Å². The Morgan fingerprint density at radius 3 is 2.38 bits per heavy atom. The molecule has 0 saturated carbocycles. The first-order valence-corrected chi connectivity index (χ1v) is 7.81. The highest BCUT2D eigenvalue weighted by atomic mass is 32.2. The quantitative estimate of drug-likeness (QED) is 0.816. The molecule has 0 aliphatic heterocycles. The Bertz CT molecular complexity index is 904. The number of nitrogens with two attached hydrogens (primary N) is 1. The monoisotopic (exact) mass is 365 g/mol. The predicted molar refractivity (Wildman–Crippen MR) is 76.1 cm³/mol. The summed E-state index contributed by atoms with van der Waals surface area (Å²) in [6.07, 6.45) is -3.84. The Morgan fingerprint density at radius 2 is 1.88 bits per heavy atom. The number of benzene rings is 1. The molecule has 0 saturated heterocycles. The van der Waals surface area contributed by atoms with E-state index in [2.05, 4.69) is 5.32 Å². The fourth-order valence-electron chi connectivity index (χ4n) is 1.93. The molecule has 0 atom stereocenters. The minimum absolute atomic E-state index is 0.156. The molecule has 1 aromatic carbocycles. The van der Waals surface area contributed by atoms with Crippen molar-refractivity contribution in [3.8, 4) is 0 Å². The number of carbonyl (C=O) groups is 1. The summed E-state index contributed by atoms with van der Waals surface area (Å²) >= 11 is 0. The van der Waals surface area contributed by atoms with E-state index in [1.54, 1.807) is 0 Å². The topological polar surface area (TPSA) is 94.2 Å². The number of hydrogen-bond donors (Lipinski definition) is 2. The molecule has 1 aromatic heterocycles. The number of alkyl halides is 3. The summed E-state index contributed by atoms with van der Waals surface area (Å²) in [7, 11) is -2.69. The molecule has 130 valence electrons. The summed E-state index contributed by atoms with van der Waals surface area (Å²) in [6, 6.07) is 2.93. The second-order valence-electron chi connectivity index (χ2n) is 4.86. The number of nitrogens with zero attached hydrogens (tertiary/aromatic N) is 1. The molecule has 0 aliphatic rings. The average Bonchev–Trinajstić information content (AvgIpc) is 2.82. The smallest absolute Gasteiger partial charge is 0.345 e. The Hall–Kier alpha value is -2.40. The molecule has 0 bridgehead atoms. The van der Waals surface area contributed by atoms with Crippen LogP contribution >= 0.6 is 0 Å². The lowest BCUT2D eigenvalue weighted by Gasteiger charge is -2.11. The van der Waals surface area contributed by atoms with Crippen molar-refractivity contribution >= 4 is 21.6 Å². The first-order chi connectivity index (χ1) is 10.9. The zero-order chi connectivity index (χ0) is 18.3. The summed E-state index contributed by atoms with van der Waals surface area (Å²) in [6.45, 7) is 0. The molecule has 0 aliphatic carbocycles. The van der Waals surface area contributed by atoms with Crippen molar-refractivity contribution in [3.05, 3.63) is 47.5 Å². The van der Waals surface area contributed by atoms with E-state index in [1.165, 1.54) is 7.05 Å². The van der Waals surface area contributed by atoms with Gasteiger partial charge in [0.05, 0.1) is 5.56 Å². The molecular weight excluding hydrogens is 354 g/mol. The molecule has 0 unspecified atom stereocenters. The van der Waals surface area contributed by atoms with Gasteiger partial charge in [0.25, 0.3) is 5.91 Å². The largest absolute Gasteiger partial charge is 0.419 e. The number of sulfonamides is 1. The summed E-state index contributed by atoms with van der Waals surface area (Å²) in [5.41, 5.74) is -1.98. The van der Waals surface area contributed by atoms with E-state index in [1.807, 2.05) is 0 Å². The maximum Gasteiger partial charge on any atom is 0.419 e. The van der Waals surface area contributed by atoms with Crippen LogP contribution in [-0.4, -0.2) is 18.9 Å². The molecule has 0 spiro atoms. The van der Waals surface area contributed by atoms with Crippen LogP contribution in [0.5, 0.6) is 0 Å². The molecular formula is C13H11F4N3O3S. The maximum atomic E-state index is 13.2. The van der Waals surface area contributed by atoms with Crippen molar-refractivity contribution in [1.29, 1.82) is 0 Å². The summed E-state index contributed by atoms with van der Waals surface area (Å²) in [5, 5.41) is 7.08. The van der Waals surface area contributed by atoms with Gasteiger partial charge < -0.3 is 9.88 Å². The Morgan fingerprint density at radius 1 is 1.25 bits per heavy atom. The van der Waals surface area contributed by atoms with Crippen molar-refractivity contribution in [3.63, 3.8) is 0 Å². The normalized spacial score (nSPS) is 12.2. The molecule has 0 fully saturated rings. The van der Waals surface area contributed by atoms with Crippen molar-refractivity contribution < 1.29 is 30.8 Å². The van der Waals surface area contributed by atoms with Gasteiger partial charge in [-0.05, 0) is 24.3 Å². The van der Waals surface area contributed by atoms with Gasteiger partial charge in [0.15, 0.2) is 0 Å². The van der Waals surface area contributed by atoms with Crippen LogP contribution in [0.1, 0.15) is 16.1 Å². The van der Waals surface area contributed by atoms with E-state index in [-0.39, 0.29) is 16.3 Å². The first-order valence-electron chi connectivity index (χ1n) is 6.27. The standard InChI is InChI=1S/C13H11F4N3O3S/c1-20-6-8(24(18,22)23)5-11(20)12(21)19-7-2-3-10(14)9(4-7)13(15,16)17/h2-6H,1H3,(H,19,21)(H2,18,22,23). The number of nitrogens with one attached hydrogen (secondary N) is 1. The molecule has 0 radical (unpaired) electrons. The lowest BCUT2D eigenvalue weighted by molar-refractivity contribution is -0.139. The minimum atomic E-state index is -4.92. The average molecular weight is 365 g/mol. The highest BCUT2D eigenvalue weighted by molar-refractivity contribution is 7.89. The van der Waals surface area contributed by atoms with Crippen molar-refractivity contribution in [1.82, 2.24) is 4.57 Å². The molecule has 24 heavy (non-hydrogen) atoms. The summed E-state index contributed by atoms with van der Waals surface area (Å²) in [5.74, 6) is -2.36. The number of amides is 1. The van der Waals surface area contributed by atoms with Gasteiger partial charge in [-0.15, -0.1) is 0 Å². The number of primary sulfonamides is 1.